The number of nitrogens with two attached hydrogens (primary N) is 1. The average Bonchev–Trinajstić information content (AvgIpc) is 2.46. The van der Waals surface area contributed by atoms with Crippen molar-refractivity contribution in [1.82, 2.24) is 0 Å². The molecule has 1 aromatic rings. The fourth-order valence-electron chi connectivity index (χ4n) is 2.49. The first-order chi connectivity index (χ1) is 10.5. The van der Waals surface area contributed by atoms with Crippen molar-refractivity contribution in [3.05, 3.63) is 22.7 Å². The minimum absolute atomic E-state index is 0. The number of carbonyl (C=O) groups excluding carboxylic acids is 1. The van der Waals surface area contributed by atoms with Crippen molar-refractivity contribution in [3.8, 4) is 5.75 Å². The molecule has 2 rings (SSSR count). The predicted molar refractivity (Wildman–Crippen MR) is 97.3 cm³/mol. The van der Waals surface area contributed by atoms with Gasteiger partial charge in [0.2, 0.25) is 5.91 Å². The van der Waals surface area contributed by atoms with Gasteiger partial charge in [0, 0.05) is 29.4 Å². The van der Waals surface area contributed by atoms with Gasteiger partial charge in [0.25, 0.3) is 0 Å². The first-order valence-electron chi connectivity index (χ1n) is 7.57. The molecule has 0 spiro atoms. The molecule has 1 aliphatic heterocycles. The molecule has 1 heterocycles. The molecule has 1 atom stereocenters. The molecule has 130 valence electrons. The summed E-state index contributed by atoms with van der Waals surface area (Å²) in [5.74, 6) is 0.715. The van der Waals surface area contributed by atoms with Crippen LogP contribution < -0.4 is 15.8 Å². The second-order valence-electron chi connectivity index (χ2n) is 5.81. The van der Waals surface area contributed by atoms with Crippen LogP contribution in [0.1, 0.15) is 26.7 Å². The molecule has 0 radical (unpaired) electrons. The molecule has 3 N–H and O–H groups in total. The van der Waals surface area contributed by atoms with E-state index in [2.05, 4.69) is 21.2 Å². The number of hydrogen-bond donors (Lipinski definition) is 2. The van der Waals surface area contributed by atoms with E-state index >= 15 is 0 Å². The van der Waals surface area contributed by atoms with Crippen LogP contribution in [0, 0.1) is 5.92 Å². The summed E-state index contributed by atoms with van der Waals surface area (Å²) >= 11 is 3.43. The molecule has 0 aliphatic carbocycles. The SMILES string of the molecule is CC(C)Oc1cc(Br)cc(NC(=O)C(N)C2CCOCC2)c1.Cl. The Labute approximate surface area is 151 Å². The van der Waals surface area contributed by atoms with E-state index in [1.807, 2.05) is 26.0 Å². The minimum atomic E-state index is -0.516. The molecule has 0 saturated carbocycles. The predicted octanol–water partition coefficient (Wildman–Crippen LogP) is 3.35. The highest BCUT2D eigenvalue weighted by Gasteiger charge is 2.26. The molecule has 7 heteroatoms. The van der Waals surface area contributed by atoms with Gasteiger partial charge in [0.05, 0.1) is 12.1 Å². The molecular weight excluding hydrogens is 384 g/mol. The second-order valence-corrected chi connectivity index (χ2v) is 6.72. The number of anilines is 1. The van der Waals surface area contributed by atoms with E-state index in [9.17, 15) is 4.79 Å². The lowest BCUT2D eigenvalue weighted by atomic mass is 9.92. The molecule has 23 heavy (non-hydrogen) atoms. The molecule has 1 amide bonds. The Morgan fingerprint density at radius 2 is 2.00 bits per heavy atom. The number of carbonyl (C=O) groups is 1. The third kappa shape index (κ3) is 6.30. The summed E-state index contributed by atoms with van der Waals surface area (Å²) < 4.78 is 11.8. The van der Waals surface area contributed by atoms with Crippen molar-refractivity contribution in [3.63, 3.8) is 0 Å². The second kappa shape index (κ2) is 9.47. The smallest absolute Gasteiger partial charge is 0.241 e. The van der Waals surface area contributed by atoms with Gasteiger partial charge in [-0.25, -0.2) is 0 Å². The van der Waals surface area contributed by atoms with Gasteiger partial charge in [-0.05, 0) is 44.7 Å². The van der Waals surface area contributed by atoms with Crippen LogP contribution in [-0.2, 0) is 9.53 Å². The quantitative estimate of drug-likeness (QED) is 0.785. The lowest BCUT2D eigenvalue weighted by Gasteiger charge is -2.26. The van der Waals surface area contributed by atoms with E-state index in [4.69, 9.17) is 15.2 Å². The van der Waals surface area contributed by atoms with Gasteiger partial charge in [-0.1, -0.05) is 15.9 Å². The molecule has 1 aliphatic rings. The van der Waals surface area contributed by atoms with Gasteiger partial charge in [-0.3, -0.25) is 4.79 Å². The average molecular weight is 408 g/mol. The van der Waals surface area contributed by atoms with Crippen molar-refractivity contribution in [2.45, 2.75) is 38.8 Å². The van der Waals surface area contributed by atoms with Crippen LogP contribution in [0.5, 0.6) is 5.75 Å². The van der Waals surface area contributed by atoms with E-state index in [0.717, 1.165) is 17.3 Å². The van der Waals surface area contributed by atoms with E-state index in [0.29, 0.717) is 24.7 Å². The van der Waals surface area contributed by atoms with E-state index < -0.39 is 6.04 Å². The Kier molecular flexibility index (Phi) is 8.33. The molecule has 0 aromatic heterocycles. The van der Waals surface area contributed by atoms with E-state index in [1.165, 1.54) is 0 Å². The van der Waals surface area contributed by atoms with Crippen molar-refractivity contribution >= 4 is 39.9 Å². The van der Waals surface area contributed by atoms with E-state index in [-0.39, 0.29) is 30.3 Å². The largest absolute Gasteiger partial charge is 0.491 e. The van der Waals surface area contributed by atoms with Gasteiger partial charge in [-0.15, -0.1) is 12.4 Å². The lowest BCUT2D eigenvalue weighted by Crippen LogP contribution is -2.44. The molecule has 5 nitrogen and oxygen atoms in total. The van der Waals surface area contributed by atoms with Crippen LogP contribution in [-0.4, -0.2) is 31.3 Å². The molecule has 0 bridgehead atoms. The van der Waals surface area contributed by atoms with E-state index in [1.54, 1.807) is 6.07 Å². The van der Waals surface area contributed by atoms with Crippen LogP contribution in [0.3, 0.4) is 0 Å². The summed E-state index contributed by atoms with van der Waals surface area (Å²) in [6.07, 6.45) is 1.73. The van der Waals surface area contributed by atoms with Crippen molar-refractivity contribution in [2.75, 3.05) is 18.5 Å². The third-order valence-corrected chi connectivity index (χ3v) is 4.05. The summed E-state index contributed by atoms with van der Waals surface area (Å²) in [4.78, 5) is 12.3. The van der Waals surface area contributed by atoms with Gasteiger partial charge in [0.15, 0.2) is 0 Å². The number of halogens is 2. The Hall–Kier alpha value is -0.820. The molecule has 1 unspecified atom stereocenters. The Balaban J connectivity index is 0.00000264. The molecular formula is C16H24BrClN2O3. The molecule has 1 saturated heterocycles. The van der Waals surface area contributed by atoms with Crippen LogP contribution in [0.15, 0.2) is 22.7 Å². The summed E-state index contributed by atoms with van der Waals surface area (Å²) in [7, 11) is 0. The van der Waals surface area contributed by atoms with Gasteiger partial charge < -0.3 is 20.5 Å². The summed E-state index contributed by atoms with van der Waals surface area (Å²) in [6.45, 7) is 5.27. The number of hydrogen-bond acceptors (Lipinski definition) is 4. The zero-order valence-corrected chi connectivity index (χ0v) is 15.8. The number of amides is 1. The monoisotopic (exact) mass is 406 g/mol. The standard InChI is InChI=1S/C16H23BrN2O3.ClH/c1-10(2)22-14-8-12(17)7-13(9-14)19-16(20)15(18)11-3-5-21-6-4-11;/h7-11,15H,3-6,18H2,1-2H3,(H,19,20);1H. The maximum atomic E-state index is 12.3. The highest BCUT2D eigenvalue weighted by atomic mass is 79.9. The van der Waals surface area contributed by atoms with Gasteiger partial charge >= 0.3 is 0 Å². The first-order valence-corrected chi connectivity index (χ1v) is 8.36. The maximum Gasteiger partial charge on any atom is 0.241 e. The molecule has 1 aromatic carbocycles. The third-order valence-electron chi connectivity index (χ3n) is 3.59. The van der Waals surface area contributed by atoms with Crippen molar-refractivity contribution in [2.24, 2.45) is 11.7 Å². The highest BCUT2D eigenvalue weighted by molar-refractivity contribution is 9.10. The number of rotatable bonds is 5. The Bertz CT molecular complexity index is 522. The number of benzene rings is 1. The van der Waals surface area contributed by atoms with Crippen LogP contribution in [0.25, 0.3) is 0 Å². The lowest BCUT2D eigenvalue weighted by molar-refractivity contribution is -0.119. The zero-order valence-electron chi connectivity index (χ0n) is 13.4. The zero-order chi connectivity index (χ0) is 16.1. The topological polar surface area (TPSA) is 73.6 Å². The summed E-state index contributed by atoms with van der Waals surface area (Å²) in [5.41, 5.74) is 6.76. The van der Waals surface area contributed by atoms with Gasteiger partial charge in [0.1, 0.15) is 5.75 Å². The van der Waals surface area contributed by atoms with Crippen LogP contribution >= 0.6 is 28.3 Å². The maximum absolute atomic E-state index is 12.3. The Morgan fingerprint density at radius 3 is 2.61 bits per heavy atom. The Morgan fingerprint density at radius 1 is 1.35 bits per heavy atom. The fourth-order valence-corrected chi connectivity index (χ4v) is 2.96. The van der Waals surface area contributed by atoms with Crippen molar-refractivity contribution < 1.29 is 14.3 Å². The number of nitrogens with one attached hydrogen (secondary N) is 1. The van der Waals surface area contributed by atoms with Gasteiger partial charge in [-0.2, -0.15) is 0 Å². The summed E-state index contributed by atoms with van der Waals surface area (Å²) in [5, 5.41) is 2.88. The normalized spacial score (nSPS) is 16.6. The van der Waals surface area contributed by atoms with Crippen molar-refractivity contribution in [1.29, 1.82) is 0 Å². The summed E-state index contributed by atoms with van der Waals surface area (Å²) in [6, 6.07) is 4.99. The minimum Gasteiger partial charge on any atom is -0.491 e. The molecule has 1 fully saturated rings. The first kappa shape index (κ1) is 20.2. The highest BCUT2D eigenvalue weighted by Crippen LogP contribution is 2.26. The fraction of sp³-hybridized carbons (Fsp3) is 0.562. The van der Waals surface area contributed by atoms with Crippen LogP contribution in [0.4, 0.5) is 5.69 Å². The van der Waals surface area contributed by atoms with Crippen LogP contribution in [0.2, 0.25) is 0 Å². The number of ether oxygens (including phenoxy) is 2.